The second kappa shape index (κ2) is 36.2. The molecule has 0 aliphatic carbocycles. The van der Waals surface area contributed by atoms with Crippen molar-refractivity contribution in [2.45, 2.75) is 179 Å². The summed E-state index contributed by atoms with van der Waals surface area (Å²) in [7, 11) is 10.9. The molecule has 0 amide bonds. The Morgan fingerprint density at radius 3 is 1.29 bits per heavy atom. The normalized spacial score (nSPS) is 36.8. The number of ether oxygens (including phenoxy) is 21. The Balaban J connectivity index is 1.02. The summed E-state index contributed by atoms with van der Waals surface area (Å²) in [5.74, 6) is -1.54. The van der Waals surface area contributed by atoms with Crippen LogP contribution in [0.2, 0.25) is 0 Å². The van der Waals surface area contributed by atoms with Gasteiger partial charge in [-0.25, -0.2) is 4.79 Å². The molecule has 28 nitrogen and oxygen atoms in total. The number of aliphatic hydroxyl groups is 4. The SMILES string of the molecule is COC1[C@@H](OC)[C@@H](O[C@H]2[C@H](OC)[C@@H](OC)[C@H](O[C@H]3[C@H](O)[C@@H](OCc4ccccc4)C(O[C@H]4[C@H](OC)[C@@H](OC)[C@H](O[C@H]5[C@H](OCc6ccccc6)[C@@H](OCc6ccccc6)[C@@H](OC)O[C@@H]5COCc5ccccc5)OC4(C=O)CO)O[C@@H]3CO)O[C@@H]2C(=O)O)O[C@H](CO)[C@H]1OC. The van der Waals surface area contributed by atoms with Gasteiger partial charge < -0.3 is 125 Å². The second-order valence-electron chi connectivity index (χ2n) is 23.2. The van der Waals surface area contributed by atoms with Gasteiger partial charge >= 0.3 is 5.97 Å². The first-order valence-electron chi connectivity index (χ1n) is 31.2. The van der Waals surface area contributed by atoms with Crippen molar-refractivity contribution in [2.75, 3.05) is 83.3 Å². The molecule has 0 bridgehead atoms. The van der Waals surface area contributed by atoms with Crippen LogP contribution in [0.4, 0.5) is 0 Å². The second-order valence-corrected chi connectivity index (χ2v) is 23.2. The Bertz CT molecular complexity index is 2860. The number of aldehydes is 1. The Morgan fingerprint density at radius 2 is 0.832 bits per heavy atom. The van der Waals surface area contributed by atoms with E-state index in [4.69, 9.17) is 99.5 Å². The molecule has 5 heterocycles. The summed E-state index contributed by atoms with van der Waals surface area (Å²) in [6.07, 6.45) is -32.5. The molecule has 3 unspecified atom stereocenters. The number of carboxylic acid groups (broad SMARTS) is 1. The average Bonchev–Trinajstić information content (AvgIpc) is 0.756. The van der Waals surface area contributed by atoms with E-state index >= 15 is 0 Å². The third-order valence-corrected chi connectivity index (χ3v) is 17.6. The van der Waals surface area contributed by atoms with E-state index in [1.165, 1.54) is 56.9 Å². The van der Waals surface area contributed by atoms with Gasteiger partial charge in [0.2, 0.25) is 0 Å². The van der Waals surface area contributed by atoms with E-state index in [9.17, 15) is 35.1 Å². The summed E-state index contributed by atoms with van der Waals surface area (Å²) in [5.41, 5.74) is 0.762. The van der Waals surface area contributed by atoms with Gasteiger partial charge in [0.05, 0.1) is 52.9 Å². The van der Waals surface area contributed by atoms with Crippen molar-refractivity contribution in [1.29, 1.82) is 0 Å². The van der Waals surface area contributed by atoms with Crippen LogP contribution in [-0.4, -0.2) is 274 Å². The minimum absolute atomic E-state index is 0.0642. The first kappa shape index (κ1) is 74.2. The van der Waals surface area contributed by atoms with Crippen LogP contribution in [-0.2, 0) is 135 Å². The van der Waals surface area contributed by atoms with Crippen LogP contribution in [0.15, 0.2) is 121 Å². The van der Waals surface area contributed by atoms with Crippen molar-refractivity contribution in [3.05, 3.63) is 144 Å². The maximum atomic E-state index is 14.0. The lowest BCUT2D eigenvalue weighted by Crippen LogP contribution is -2.72. The highest BCUT2D eigenvalue weighted by Gasteiger charge is 2.63. The number of aliphatic hydroxyl groups excluding tert-OH is 4. The van der Waals surface area contributed by atoms with Crippen LogP contribution in [0, 0.1) is 0 Å². The van der Waals surface area contributed by atoms with Crippen molar-refractivity contribution >= 4 is 12.3 Å². The molecule has 4 aromatic rings. The standard InChI is InChI=1S/C67H90O28/c1-75-47-43(30-69)88-64(56(79-5)50(47)76-2)92-53-51(77-3)57(80-6)65(93-55(53)61(73)74)90-46-42(29-68)87-63(49(45(46)72)84-32-39-23-15-10-16-24-39)94-60-54(78-4)58(81-7)66(95-67(60,36-70)37-71)91-48-44(35-83-31-38-21-13-9-14-22-38)89-62(82-8)59(86-34-41-27-19-12-20-28-41)52(48)85-33-40-25-17-11-18-26-40/h9-28,36,42-60,62-66,68-69,71-72H,29-35,37H2,1-8H3,(H,73,74)/t42-,43-,44-,45+,46-,47-,48-,49-,50?,51+,52+,53+,54-,55+,56-,57-,58-,59-,60+,62+,63?,64-,65-,66-,67?/m1/s1. The summed E-state index contributed by atoms with van der Waals surface area (Å²) >= 11 is 0. The molecule has 25 atom stereocenters. The van der Waals surface area contributed by atoms with Crippen LogP contribution in [0.5, 0.6) is 0 Å². The number of benzene rings is 4. The van der Waals surface area contributed by atoms with Gasteiger partial charge in [-0.05, 0) is 22.3 Å². The van der Waals surface area contributed by atoms with E-state index in [0.717, 1.165) is 16.7 Å². The largest absolute Gasteiger partial charge is 0.479 e. The van der Waals surface area contributed by atoms with Crippen LogP contribution in [0.1, 0.15) is 22.3 Å². The number of carbonyl (C=O) groups excluding carboxylic acids is 1. The van der Waals surface area contributed by atoms with Crippen molar-refractivity contribution in [2.24, 2.45) is 0 Å². The number of aliphatic carboxylic acids is 1. The maximum absolute atomic E-state index is 14.0. The lowest BCUT2D eigenvalue weighted by atomic mass is 9.87. The van der Waals surface area contributed by atoms with Gasteiger partial charge in [0.25, 0.3) is 0 Å². The van der Waals surface area contributed by atoms with E-state index in [2.05, 4.69) is 0 Å². The highest BCUT2D eigenvalue weighted by molar-refractivity contribution is 5.73. The summed E-state index contributed by atoms with van der Waals surface area (Å²) in [5, 5.41) is 56.7. The molecule has 5 N–H and O–H groups in total. The molecule has 95 heavy (non-hydrogen) atoms. The van der Waals surface area contributed by atoms with Crippen LogP contribution < -0.4 is 0 Å². The van der Waals surface area contributed by atoms with Gasteiger partial charge in [0.1, 0.15) is 110 Å². The lowest BCUT2D eigenvalue weighted by molar-refractivity contribution is -0.405. The summed E-state index contributed by atoms with van der Waals surface area (Å²) in [6.45, 7) is -2.42. The number of hydrogen-bond donors (Lipinski definition) is 5. The van der Waals surface area contributed by atoms with E-state index in [0.29, 0.717) is 11.8 Å². The fourth-order valence-electron chi connectivity index (χ4n) is 12.7. The highest BCUT2D eigenvalue weighted by Crippen LogP contribution is 2.42. The molecule has 526 valence electrons. The quantitative estimate of drug-likeness (QED) is 0.0417. The zero-order valence-corrected chi connectivity index (χ0v) is 54.3. The van der Waals surface area contributed by atoms with Crippen molar-refractivity contribution in [3.8, 4) is 0 Å². The van der Waals surface area contributed by atoms with Crippen LogP contribution in [0.3, 0.4) is 0 Å². The fourth-order valence-corrected chi connectivity index (χ4v) is 12.7. The smallest absolute Gasteiger partial charge is 0.335 e. The van der Waals surface area contributed by atoms with E-state index in [1.807, 2.05) is 91.0 Å². The van der Waals surface area contributed by atoms with Crippen LogP contribution in [0.25, 0.3) is 0 Å². The van der Waals surface area contributed by atoms with Crippen molar-refractivity contribution < 1.29 is 135 Å². The first-order chi connectivity index (χ1) is 46.3. The summed E-state index contributed by atoms with van der Waals surface area (Å²) in [4.78, 5) is 27.4. The molecule has 0 aromatic heterocycles. The average molecular weight is 1340 g/mol. The lowest BCUT2D eigenvalue weighted by Gasteiger charge is -2.53. The number of hydrogen-bond acceptors (Lipinski definition) is 27. The molecule has 0 spiro atoms. The van der Waals surface area contributed by atoms with Gasteiger partial charge in [0.15, 0.2) is 49.4 Å². The molecule has 9 rings (SSSR count). The molecule has 5 aliphatic rings. The fraction of sp³-hybridized carbons (Fsp3) is 0.612. The number of carbonyl (C=O) groups is 2. The zero-order chi connectivity index (χ0) is 67.6. The van der Waals surface area contributed by atoms with Gasteiger partial charge in [-0.1, -0.05) is 121 Å². The number of carboxylic acids is 1. The Labute approximate surface area is 551 Å². The molecular weight excluding hydrogens is 1250 g/mol. The Morgan fingerprint density at radius 1 is 0.421 bits per heavy atom. The topological polar surface area (TPSA) is 329 Å². The molecule has 5 saturated heterocycles. The van der Waals surface area contributed by atoms with E-state index < -0.39 is 179 Å². The van der Waals surface area contributed by atoms with Gasteiger partial charge in [-0.2, -0.15) is 0 Å². The minimum atomic E-state index is -2.41. The predicted molar refractivity (Wildman–Crippen MR) is 326 cm³/mol. The maximum Gasteiger partial charge on any atom is 0.335 e. The monoisotopic (exact) mass is 1340 g/mol. The van der Waals surface area contributed by atoms with Gasteiger partial charge in [-0.3, -0.25) is 4.79 Å². The van der Waals surface area contributed by atoms with E-state index in [-0.39, 0.29) is 33.0 Å². The van der Waals surface area contributed by atoms with E-state index in [1.54, 1.807) is 30.3 Å². The number of methoxy groups -OCH3 is 8. The molecule has 5 fully saturated rings. The van der Waals surface area contributed by atoms with Gasteiger partial charge in [0, 0.05) is 56.9 Å². The molecule has 0 saturated carbocycles. The first-order valence-corrected chi connectivity index (χ1v) is 31.2. The van der Waals surface area contributed by atoms with Crippen molar-refractivity contribution in [1.82, 2.24) is 0 Å². The van der Waals surface area contributed by atoms with Crippen LogP contribution >= 0.6 is 0 Å². The minimum Gasteiger partial charge on any atom is -0.479 e. The molecule has 5 aliphatic heterocycles. The molecular formula is C67H90O28. The molecule has 4 aromatic carbocycles. The van der Waals surface area contributed by atoms with Gasteiger partial charge in [-0.15, -0.1) is 0 Å². The highest BCUT2D eigenvalue weighted by atomic mass is 16.8. The molecule has 28 heteroatoms. The Hall–Kier alpha value is -4.98. The third kappa shape index (κ3) is 17.4. The zero-order valence-electron chi connectivity index (χ0n) is 54.3. The Kier molecular flexibility index (Phi) is 28.3. The predicted octanol–water partition coefficient (Wildman–Crippen LogP) is 1.87. The third-order valence-electron chi connectivity index (χ3n) is 17.6. The summed E-state index contributed by atoms with van der Waals surface area (Å²) in [6, 6.07) is 37.3. The molecule has 0 radical (unpaired) electrons. The van der Waals surface area contributed by atoms with Crippen molar-refractivity contribution in [3.63, 3.8) is 0 Å². The summed E-state index contributed by atoms with van der Waals surface area (Å²) < 4.78 is 133. The number of rotatable bonds is 34.